The minimum absolute atomic E-state index is 1.17. The Morgan fingerprint density at radius 2 is 0.956 bits per heavy atom. The average molecular weight is 574 g/mol. The number of hydrogen-bond donors (Lipinski definition) is 1. The second-order valence-electron chi connectivity index (χ2n) is 11.9. The zero-order valence-electron chi connectivity index (χ0n) is 24.4. The molecule has 0 fully saturated rings. The smallest absolute Gasteiger partial charge is 0.0562 e. The summed E-state index contributed by atoms with van der Waals surface area (Å²) in [5, 5.41) is 7.54. The van der Waals surface area contributed by atoms with E-state index < -0.39 is 0 Å². The number of aromatic nitrogens is 3. The molecule has 10 aromatic rings. The molecule has 0 saturated carbocycles. The molecule has 0 aliphatic carbocycles. The highest BCUT2D eigenvalue weighted by Gasteiger charge is 2.19. The van der Waals surface area contributed by atoms with Gasteiger partial charge in [-0.15, -0.1) is 0 Å². The van der Waals surface area contributed by atoms with Crippen LogP contribution >= 0.6 is 0 Å². The molecule has 0 aliphatic heterocycles. The van der Waals surface area contributed by atoms with E-state index in [1.807, 2.05) is 0 Å². The summed E-state index contributed by atoms with van der Waals surface area (Å²) in [6.07, 6.45) is 0. The molecule has 3 heteroatoms. The van der Waals surface area contributed by atoms with Gasteiger partial charge in [0, 0.05) is 49.0 Å². The van der Waals surface area contributed by atoms with Crippen molar-refractivity contribution in [2.45, 2.75) is 0 Å². The first-order chi connectivity index (χ1) is 22.3. The number of H-pyrrole nitrogens is 1. The molecule has 0 unspecified atom stereocenters. The molecular weight excluding hydrogens is 546 g/mol. The normalized spacial score (nSPS) is 12.0. The zero-order valence-corrected chi connectivity index (χ0v) is 24.4. The summed E-state index contributed by atoms with van der Waals surface area (Å²) in [4.78, 5) is 3.57. The number of hydrogen-bond acceptors (Lipinski definition) is 0. The zero-order chi connectivity index (χ0) is 29.5. The van der Waals surface area contributed by atoms with E-state index >= 15 is 0 Å². The van der Waals surface area contributed by atoms with Gasteiger partial charge >= 0.3 is 0 Å². The summed E-state index contributed by atoms with van der Waals surface area (Å²) in [5.41, 5.74) is 12.0. The van der Waals surface area contributed by atoms with E-state index in [4.69, 9.17) is 0 Å². The lowest BCUT2D eigenvalue weighted by Crippen LogP contribution is -1.96. The van der Waals surface area contributed by atoms with Gasteiger partial charge in [0.25, 0.3) is 0 Å². The van der Waals surface area contributed by atoms with Gasteiger partial charge in [-0.3, -0.25) is 0 Å². The SMILES string of the molecule is c1ccc(-n2c3ccccc3c3c(-n4c5ccccc5c5cc(-c6ccc7[nH]c8ccccc8c7c6)ccc54)cccc32)cc1. The van der Waals surface area contributed by atoms with Crippen molar-refractivity contribution in [3.05, 3.63) is 158 Å². The van der Waals surface area contributed by atoms with Crippen LogP contribution in [-0.4, -0.2) is 14.1 Å². The van der Waals surface area contributed by atoms with Crippen LogP contribution in [0.15, 0.2) is 158 Å². The number of benzene rings is 7. The van der Waals surface area contributed by atoms with Gasteiger partial charge in [0.2, 0.25) is 0 Å². The van der Waals surface area contributed by atoms with Crippen molar-refractivity contribution in [1.29, 1.82) is 0 Å². The summed E-state index contributed by atoms with van der Waals surface area (Å²) in [6.45, 7) is 0. The van der Waals surface area contributed by atoms with Crippen LogP contribution in [-0.2, 0) is 0 Å². The molecule has 210 valence electrons. The van der Waals surface area contributed by atoms with Crippen LogP contribution in [0.5, 0.6) is 0 Å². The molecule has 0 amide bonds. The Kier molecular flexibility index (Phi) is 5.00. The minimum atomic E-state index is 1.17. The van der Waals surface area contributed by atoms with Crippen LogP contribution in [0, 0.1) is 0 Å². The molecule has 7 aromatic carbocycles. The van der Waals surface area contributed by atoms with Gasteiger partial charge in [-0.2, -0.15) is 0 Å². The summed E-state index contributed by atoms with van der Waals surface area (Å²) in [6, 6.07) is 57.2. The van der Waals surface area contributed by atoms with E-state index in [1.165, 1.54) is 87.9 Å². The lowest BCUT2D eigenvalue weighted by atomic mass is 10.0. The number of nitrogens with zero attached hydrogens (tertiary/aromatic N) is 2. The molecule has 3 heterocycles. The third-order valence-corrected chi connectivity index (χ3v) is 9.44. The van der Waals surface area contributed by atoms with Crippen LogP contribution < -0.4 is 0 Å². The number of fused-ring (bicyclic) bond motifs is 9. The molecule has 0 aliphatic rings. The van der Waals surface area contributed by atoms with Crippen LogP contribution in [0.25, 0.3) is 87.9 Å². The Morgan fingerprint density at radius 1 is 0.356 bits per heavy atom. The van der Waals surface area contributed by atoms with E-state index in [9.17, 15) is 0 Å². The molecule has 3 aromatic heterocycles. The average Bonchev–Trinajstić information content (AvgIpc) is 3.76. The highest BCUT2D eigenvalue weighted by molar-refractivity contribution is 6.17. The lowest BCUT2D eigenvalue weighted by molar-refractivity contribution is 1.17. The lowest BCUT2D eigenvalue weighted by Gasteiger charge is -2.12. The van der Waals surface area contributed by atoms with E-state index in [0.29, 0.717) is 0 Å². The van der Waals surface area contributed by atoms with E-state index in [-0.39, 0.29) is 0 Å². The monoisotopic (exact) mass is 573 g/mol. The first-order valence-corrected chi connectivity index (χ1v) is 15.5. The first-order valence-electron chi connectivity index (χ1n) is 15.5. The van der Waals surface area contributed by atoms with Crippen LogP contribution in [0.2, 0.25) is 0 Å². The number of rotatable bonds is 3. The topological polar surface area (TPSA) is 25.6 Å². The molecular formula is C42H27N3. The molecule has 0 bridgehead atoms. The Bertz CT molecular complexity index is 2760. The van der Waals surface area contributed by atoms with E-state index in [2.05, 4.69) is 172 Å². The maximum Gasteiger partial charge on any atom is 0.0562 e. The summed E-state index contributed by atoms with van der Waals surface area (Å²) in [7, 11) is 0. The van der Waals surface area contributed by atoms with Crippen molar-refractivity contribution in [2.75, 3.05) is 0 Å². The standard InChI is InChI=1S/C42H27N3/c1-2-11-29(12-3-1)44-38-18-9-6-15-32(38)42-40(44)19-10-20-41(42)45-37-17-8-5-14-31(37)34-26-28(22-24-39(34)45)27-21-23-36-33(25-27)30-13-4-7-16-35(30)43-36/h1-26,43H. The molecule has 0 radical (unpaired) electrons. The van der Waals surface area contributed by atoms with Gasteiger partial charge in [-0.25, -0.2) is 0 Å². The first kappa shape index (κ1) is 24.4. The van der Waals surface area contributed by atoms with Crippen molar-refractivity contribution in [3.8, 4) is 22.5 Å². The minimum Gasteiger partial charge on any atom is -0.355 e. The van der Waals surface area contributed by atoms with Gasteiger partial charge in [0.15, 0.2) is 0 Å². The highest BCUT2D eigenvalue weighted by Crippen LogP contribution is 2.41. The van der Waals surface area contributed by atoms with Crippen molar-refractivity contribution < 1.29 is 0 Å². The highest BCUT2D eigenvalue weighted by atomic mass is 15.0. The maximum atomic E-state index is 3.57. The predicted molar refractivity (Wildman–Crippen MR) is 190 cm³/mol. The molecule has 45 heavy (non-hydrogen) atoms. The molecule has 3 nitrogen and oxygen atoms in total. The maximum absolute atomic E-state index is 3.57. The fourth-order valence-corrected chi connectivity index (χ4v) is 7.48. The molecule has 10 rings (SSSR count). The summed E-state index contributed by atoms with van der Waals surface area (Å²) >= 11 is 0. The number of nitrogens with one attached hydrogen (secondary N) is 1. The van der Waals surface area contributed by atoms with Gasteiger partial charge < -0.3 is 14.1 Å². The Balaban J connectivity index is 1.25. The van der Waals surface area contributed by atoms with Crippen LogP contribution in [0.1, 0.15) is 0 Å². The third kappa shape index (κ3) is 3.46. The van der Waals surface area contributed by atoms with Crippen molar-refractivity contribution >= 4 is 65.4 Å². The fraction of sp³-hybridized carbons (Fsp3) is 0. The summed E-state index contributed by atoms with van der Waals surface area (Å²) < 4.78 is 4.85. The Morgan fingerprint density at radius 3 is 1.80 bits per heavy atom. The van der Waals surface area contributed by atoms with Crippen molar-refractivity contribution in [1.82, 2.24) is 14.1 Å². The number of aromatic amines is 1. The largest absolute Gasteiger partial charge is 0.355 e. The van der Waals surface area contributed by atoms with Gasteiger partial charge in [-0.1, -0.05) is 91.0 Å². The Hall–Kier alpha value is -6.06. The van der Waals surface area contributed by atoms with E-state index in [1.54, 1.807) is 0 Å². The second-order valence-corrected chi connectivity index (χ2v) is 11.9. The predicted octanol–water partition coefficient (Wildman–Crippen LogP) is 11.2. The Labute approximate surface area is 259 Å². The van der Waals surface area contributed by atoms with Gasteiger partial charge in [-0.05, 0) is 77.9 Å². The number of para-hydroxylation sites is 4. The third-order valence-electron chi connectivity index (χ3n) is 9.44. The molecule has 1 N–H and O–H groups in total. The van der Waals surface area contributed by atoms with Crippen molar-refractivity contribution in [2.24, 2.45) is 0 Å². The summed E-state index contributed by atoms with van der Waals surface area (Å²) in [5.74, 6) is 0. The van der Waals surface area contributed by atoms with Crippen LogP contribution in [0.4, 0.5) is 0 Å². The van der Waals surface area contributed by atoms with Gasteiger partial charge in [0.05, 0.1) is 27.8 Å². The molecule has 0 spiro atoms. The second kappa shape index (κ2) is 9.22. The fourth-order valence-electron chi connectivity index (χ4n) is 7.48. The molecule has 0 atom stereocenters. The van der Waals surface area contributed by atoms with E-state index in [0.717, 1.165) is 0 Å². The quantitative estimate of drug-likeness (QED) is 0.218. The van der Waals surface area contributed by atoms with Crippen LogP contribution in [0.3, 0.4) is 0 Å². The van der Waals surface area contributed by atoms with Crippen molar-refractivity contribution in [3.63, 3.8) is 0 Å². The molecule has 0 saturated heterocycles. The van der Waals surface area contributed by atoms with Gasteiger partial charge in [0.1, 0.15) is 0 Å².